The van der Waals surface area contributed by atoms with E-state index in [9.17, 15) is 9.18 Å². The normalized spacial score (nSPS) is 10.4. The molecule has 6 heteroatoms. The largest absolute Gasteiger partial charge is 0.455 e. The molecule has 0 saturated heterocycles. The molecule has 1 aromatic heterocycles. The van der Waals surface area contributed by atoms with Gasteiger partial charge in [0.25, 0.3) is 5.91 Å². The van der Waals surface area contributed by atoms with Gasteiger partial charge in [0, 0.05) is 42.4 Å². The van der Waals surface area contributed by atoms with Gasteiger partial charge in [0.15, 0.2) is 0 Å². The lowest BCUT2D eigenvalue weighted by atomic mass is 9.98. The van der Waals surface area contributed by atoms with E-state index in [2.05, 4.69) is 47.8 Å². The number of halogens is 1. The predicted molar refractivity (Wildman–Crippen MR) is 141 cm³/mol. The molecular formula is C28H27FN2O2S. The van der Waals surface area contributed by atoms with Gasteiger partial charge < -0.3 is 14.0 Å². The third kappa shape index (κ3) is 4.95. The van der Waals surface area contributed by atoms with Gasteiger partial charge in [0.05, 0.1) is 11.3 Å². The first kappa shape index (κ1) is 24.9. The van der Waals surface area contributed by atoms with Crippen LogP contribution < -0.4 is 9.62 Å². The molecule has 4 nitrogen and oxygen atoms in total. The van der Waals surface area contributed by atoms with Crippen LogP contribution in [-0.4, -0.2) is 25.8 Å². The maximum absolute atomic E-state index is 13.5. The zero-order valence-electron chi connectivity index (χ0n) is 19.5. The zero-order chi connectivity index (χ0) is 24.7. The third-order valence-corrected chi connectivity index (χ3v) is 6.19. The van der Waals surface area contributed by atoms with Gasteiger partial charge in [0.2, 0.25) is 0 Å². The highest BCUT2D eigenvalue weighted by molar-refractivity contribution is 8.00. The van der Waals surface area contributed by atoms with Crippen molar-refractivity contribution in [2.75, 3.05) is 24.2 Å². The molecule has 1 N–H and O–H groups in total. The average Bonchev–Trinajstić information content (AvgIpc) is 3.26. The first-order chi connectivity index (χ1) is 16.6. The second-order valence-corrected chi connectivity index (χ2v) is 8.21. The summed E-state index contributed by atoms with van der Waals surface area (Å²) in [5.41, 5.74) is 4.83. The highest BCUT2D eigenvalue weighted by Gasteiger charge is 2.24. The molecule has 0 aliphatic rings. The van der Waals surface area contributed by atoms with Crippen molar-refractivity contribution in [3.05, 3.63) is 78.1 Å². The Hall–Kier alpha value is -3.69. The van der Waals surface area contributed by atoms with Gasteiger partial charge in [-0.15, -0.1) is 12.8 Å². The van der Waals surface area contributed by atoms with Crippen LogP contribution in [0.2, 0.25) is 0 Å². The monoisotopic (exact) mass is 474 g/mol. The standard InChI is InChI=1S/C26H25FN2O2S.C2H2/c1-4-14-29(32-3)22-16-23-21(15-20(22)17-8-6-5-7-9-17)24(26(30)28-2)25(31-23)18-10-12-19(27)13-11-18;1-2/h5-13,15-16H,4,14H2,1-3H3,(H,28,30);1-2H. The molecule has 0 atom stereocenters. The molecule has 0 aliphatic carbocycles. The van der Waals surface area contributed by atoms with E-state index in [1.54, 1.807) is 31.1 Å². The van der Waals surface area contributed by atoms with Gasteiger partial charge in [0.1, 0.15) is 17.2 Å². The zero-order valence-corrected chi connectivity index (χ0v) is 20.3. The number of fused-ring (bicyclic) bond motifs is 1. The molecule has 174 valence electrons. The Morgan fingerprint density at radius 1 is 1.06 bits per heavy atom. The average molecular weight is 475 g/mol. The van der Waals surface area contributed by atoms with Crippen LogP contribution in [-0.2, 0) is 0 Å². The molecule has 0 fully saturated rings. The number of amides is 1. The number of hydrogen-bond donors (Lipinski definition) is 1. The summed E-state index contributed by atoms with van der Waals surface area (Å²) < 4.78 is 22.0. The highest BCUT2D eigenvalue weighted by Crippen LogP contribution is 2.42. The van der Waals surface area contributed by atoms with Crippen LogP contribution >= 0.6 is 11.9 Å². The molecule has 34 heavy (non-hydrogen) atoms. The quantitative estimate of drug-likeness (QED) is 0.231. The molecule has 0 bridgehead atoms. The van der Waals surface area contributed by atoms with E-state index < -0.39 is 0 Å². The molecule has 4 aromatic rings. The van der Waals surface area contributed by atoms with Gasteiger partial charge in [-0.05, 0) is 42.3 Å². The van der Waals surface area contributed by atoms with Crippen molar-refractivity contribution >= 4 is 34.5 Å². The first-order valence-corrected chi connectivity index (χ1v) is 12.0. The first-order valence-electron chi connectivity index (χ1n) is 10.9. The van der Waals surface area contributed by atoms with Crippen LogP contribution in [0.25, 0.3) is 33.4 Å². The molecule has 0 spiro atoms. The van der Waals surface area contributed by atoms with Gasteiger partial charge in [-0.2, -0.15) is 0 Å². The summed E-state index contributed by atoms with van der Waals surface area (Å²) in [5, 5.41) is 3.45. The van der Waals surface area contributed by atoms with Crippen LogP contribution in [0.15, 0.2) is 71.1 Å². The number of furan rings is 1. The molecule has 3 aromatic carbocycles. The lowest BCUT2D eigenvalue weighted by molar-refractivity contribution is 0.0964. The van der Waals surface area contributed by atoms with E-state index in [-0.39, 0.29) is 11.7 Å². The lowest BCUT2D eigenvalue weighted by Crippen LogP contribution is -2.18. The second kappa shape index (κ2) is 11.4. The fourth-order valence-electron chi connectivity index (χ4n) is 3.86. The summed E-state index contributed by atoms with van der Waals surface area (Å²) >= 11 is 1.66. The number of hydrogen-bond acceptors (Lipinski definition) is 4. The third-order valence-electron chi connectivity index (χ3n) is 5.37. The van der Waals surface area contributed by atoms with Crippen LogP contribution in [0.4, 0.5) is 10.1 Å². The minimum absolute atomic E-state index is 0.245. The van der Waals surface area contributed by atoms with E-state index in [1.165, 1.54) is 12.1 Å². The van der Waals surface area contributed by atoms with Gasteiger partial charge in [-0.25, -0.2) is 4.39 Å². The maximum atomic E-state index is 13.5. The number of nitrogens with zero attached hydrogens (tertiary/aromatic N) is 1. The number of terminal acetylenes is 1. The van der Waals surface area contributed by atoms with E-state index in [0.29, 0.717) is 22.5 Å². The van der Waals surface area contributed by atoms with Crippen LogP contribution in [0, 0.1) is 18.7 Å². The highest BCUT2D eigenvalue weighted by atomic mass is 32.2. The van der Waals surface area contributed by atoms with E-state index in [0.717, 1.165) is 35.2 Å². The Balaban J connectivity index is 0.00000158. The molecule has 4 rings (SSSR count). The predicted octanol–water partition coefficient (Wildman–Crippen LogP) is 7.01. The fourth-order valence-corrected chi connectivity index (χ4v) is 4.57. The lowest BCUT2D eigenvalue weighted by Gasteiger charge is -2.24. The number of benzene rings is 3. The number of anilines is 1. The smallest absolute Gasteiger partial charge is 0.255 e. The van der Waals surface area contributed by atoms with E-state index in [1.807, 2.05) is 30.3 Å². The van der Waals surface area contributed by atoms with Crippen molar-refractivity contribution in [3.63, 3.8) is 0 Å². The van der Waals surface area contributed by atoms with Crippen LogP contribution in [0.5, 0.6) is 0 Å². The Kier molecular flexibility index (Phi) is 8.39. The van der Waals surface area contributed by atoms with Crippen LogP contribution in [0.1, 0.15) is 23.7 Å². The minimum Gasteiger partial charge on any atom is -0.455 e. The van der Waals surface area contributed by atoms with E-state index in [4.69, 9.17) is 4.42 Å². The molecule has 1 heterocycles. The van der Waals surface area contributed by atoms with Crippen molar-refractivity contribution in [2.24, 2.45) is 0 Å². The maximum Gasteiger partial charge on any atom is 0.255 e. The van der Waals surface area contributed by atoms with Crippen molar-refractivity contribution < 1.29 is 13.6 Å². The SMILES string of the molecule is C#C.CCCN(SC)c1cc2oc(-c3ccc(F)cc3)c(C(=O)NC)c2cc1-c1ccccc1. The van der Waals surface area contributed by atoms with Gasteiger partial charge >= 0.3 is 0 Å². The van der Waals surface area contributed by atoms with E-state index >= 15 is 0 Å². The van der Waals surface area contributed by atoms with Crippen molar-refractivity contribution in [1.29, 1.82) is 0 Å². The molecule has 0 radical (unpaired) electrons. The Morgan fingerprint density at radius 2 is 1.74 bits per heavy atom. The van der Waals surface area contributed by atoms with Crippen LogP contribution in [0.3, 0.4) is 0 Å². The molecule has 0 saturated carbocycles. The minimum atomic E-state index is -0.338. The summed E-state index contributed by atoms with van der Waals surface area (Å²) in [6.07, 6.45) is 11.0. The number of rotatable bonds is 7. The molecule has 1 amide bonds. The van der Waals surface area contributed by atoms with Gasteiger partial charge in [-0.3, -0.25) is 4.79 Å². The second-order valence-electron chi connectivity index (χ2n) is 7.41. The number of nitrogens with one attached hydrogen (secondary N) is 1. The summed E-state index contributed by atoms with van der Waals surface area (Å²) in [5.74, 6) is -0.151. The van der Waals surface area contributed by atoms with Gasteiger partial charge in [-0.1, -0.05) is 49.2 Å². The van der Waals surface area contributed by atoms with Crippen molar-refractivity contribution in [2.45, 2.75) is 13.3 Å². The number of carbonyl (C=O) groups excluding carboxylic acids is 1. The Labute approximate surface area is 204 Å². The summed E-state index contributed by atoms with van der Waals surface area (Å²) in [6, 6.07) is 20.2. The Morgan fingerprint density at radius 3 is 2.32 bits per heavy atom. The van der Waals surface area contributed by atoms with Crippen molar-refractivity contribution in [3.8, 4) is 35.3 Å². The van der Waals surface area contributed by atoms with Crippen molar-refractivity contribution in [1.82, 2.24) is 5.32 Å². The molecular weight excluding hydrogens is 447 g/mol. The summed E-state index contributed by atoms with van der Waals surface area (Å²) in [4.78, 5) is 12.9. The fraction of sp³-hybridized carbons (Fsp3) is 0.179. The summed E-state index contributed by atoms with van der Waals surface area (Å²) in [7, 11) is 1.60. The Bertz CT molecular complexity index is 1280. The summed E-state index contributed by atoms with van der Waals surface area (Å²) in [6.45, 7) is 3.02. The molecule has 0 aliphatic heterocycles. The molecule has 0 unspecified atom stereocenters. The number of carbonyl (C=O) groups is 1. The topological polar surface area (TPSA) is 45.5 Å².